The highest BCUT2D eigenvalue weighted by molar-refractivity contribution is 5.96. The average Bonchev–Trinajstić information content (AvgIpc) is 2.54. The van der Waals surface area contributed by atoms with Crippen LogP contribution in [0.4, 0.5) is 0 Å². The molecule has 23 heavy (non-hydrogen) atoms. The lowest BCUT2D eigenvalue weighted by atomic mass is 10.1. The van der Waals surface area contributed by atoms with E-state index in [9.17, 15) is 9.59 Å². The standard InChI is InChI=1S/C18H19N3O2/c1-13-6-8-15(9-7-13)11-20-21-17(22)12-19-18(23)16-5-3-4-14(2)10-16/h3-11H,12H2,1-2H3,(H,19,23)(H,21,22)/b20-11-. The molecule has 0 unspecified atom stereocenters. The number of nitrogens with one attached hydrogen (secondary N) is 2. The second-order valence-corrected chi connectivity index (χ2v) is 5.26. The number of aryl methyl sites for hydroxylation is 2. The molecule has 0 atom stereocenters. The summed E-state index contributed by atoms with van der Waals surface area (Å²) in [6, 6.07) is 14.9. The van der Waals surface area contributed by atoms with E-state index in [1.54, 1.807) is 24.4 Å². The Morgan fingerprint density at radius 3 is 2.48 bits per heavy atom. The van der Waals surface area contributed by atoms with Gasteiger partial charge in [-0.15, -0.1) is 0 Å². The second-order valence-electron chi connectivity index (χ2n) is 5.26. The summed E-state index contributed by atoms with van der Waals surface area (Å²) in [7, 11) is 0. The van der Waals surface area contributed by atoms with E-state index in [1.807, 2.05) is 44.2 Å². The van der Waals surface area contributed by atoms with Crippen molar-refractivity contribution in [2.45, 2.75) is 13.8 Å². The van der Waals surface area contributed by atoms with E-state index in [0.29, 0.717) is 5.56 Å². The van der Waals surface area contributed by atoms with Crippen LogP contribution in [0, 0.1) is 13.8 Å². The molecule has 2 aromatic rings. The Morgan fingerprint density at radius 1 is 1.04 bits per heavy atom. The Morgan fingerprint density at radius 2 is 1.78 bits per heavy atom. The van der Waals surface area contributed by atoms with Gasteiger partial charge in [0.15, 0.2) is 0 Å². The van der Waals surface area contributed by atoms with Crippen LogP contribution in [0.25, 0.3) is 0 Å². The Balaban J connectivity index is 1.78. The van der Waals surface area contributed by atoms with Crippen molar-refractivity contribution in [2.75, 3.05) is 6.54 Å². The molecular weight excluding hydrogens is 290 g/mol. The summed E-state index contributed by atoms with van der Waals surface area (Å²) in [5.74, 6) is -0.666. The van der Waals surface area contributed by atoms with E-state index < -0.39 is 0 Å². The zero-order valence-corrected chi connectivity index (χ0v) is 13.2. The maximum Gasteiger partial charge on any atom is 0.259 e. The monoisotopic (exact) mass is 309 g/mol. The fourth-order valence-corrected chi connectivity index (χ4v) is 1.92. The molecule has 2 aromatic carbocycles. The number of nitrogens with zero attached hydrogens (tertiary/aromatic N) is 1. The van der Waals surface area contributed by atoms with Crippen molar-refractivity contribution in [3.63, 3.8) is 0 Å². The number of rotatable bonds is 5. The predicted molar refractivity (Wildman–Crippen MR) is 90.4 cm³/mol. The molecule has 0 aliphatic carbocycles. The Bertz CT molecular complexity index is 721. The molecule has 0 heterocycles. The van der Waals surface area contributed by atoms with Gasteiger partial charge in [0.25, 0.3) is 11.8 Å². The summed E-state index contributed by atoms with van der Waals surface area (Å²) >= 11 is 0. The number of amides is 2. The van der Waals surface area contributed by atoms with Crippen LogP contribution in [0.5, 0.6) is 0 Å². The summed E-state index contributed by atoms with van der Waals surface area (Å²) in [5, 5.41) is 6.42. The van der Waals surface area contributed by atoms with E-state index in [2.05, 4.69) is 15.8 Å². The van der Waals surface area contributed by atoms with Crippen molar-refractivity contribution < 1.29 is 9.59 Å². The van der Waals surface area contributed by atoms with Crippen LogP contribution in [0.2, 0.25) is 0 Å². The van der Waals surface area contributed by atoms with Crippen molar-refractivity contribution in [3.05, 3.63) is 70.8 Å². The molecule has 2 amide bonds. The molecule has 0 aliphatic rings. The highest BCUT2D eigenvalue weighted by Gasteiger charge is 2.07. The summed E-state index contributed by atoms with van der Waals surface area (Å²) in [4.78, 5) is 23.5. The lowest BCUT2D eigenvalue weighted by Gasteiger charge is -2.05. The first kappa shape index (κ1) is 16.4. The molecule has 5 heteroatoms. The van der Waals surface area contributed by atoms with Crippen molar-refractivity contribution in [2.24, 2.45) is 5.10 Å². The van der Waals surface area contributed by atoms with E-state index in [1.165, 1.54) is 0 Å². The summed E-state index contributed by atoms with van der Waals surface area (Å²) in [5.41, 5.74) is 5.95. The van der Waals surface area contributed by atoms with E-state index >= 15 is 0 Å². The molecule has 0 saturated heterocycles. The number of hydrazone groups is 1. The van der Waals surface area contributed by atoms with Gasteiger partial charge in [-0.1, -0.05) is 47.5 Å². The van der Waals surface area contributed by atoms with Crippen LogP contribution in [0.1, 0.15) is 27.0 Å². The highest BCUT2D eigenvalue weighted by atomic mass is 16.2. The molecule has 0 fully saturated rings. The smallest absolute Gasteiger partial charge is 0.259 e. The molecular formula is C18H19N3O2. The van der Waals surface area contributed by atoms with E-state index in [0.717, 1.165) is 16.7 Å². The maximum absolute atomic E-state index is 11.9. The highest BCUT2D eigenvalue weighted by Crippen LogP contribution is 2.03. The summed E-state index contributed by atoms with van der Waals surface area (Å²) in [6.45, 7) is 3.78. The van der Waals surface area contributed by atoms with E-state index in [4.69, 9.17) is 0 Å². The number of hydrogen-bond acceptors (Lipinski definition) is 3. The molecule has 118 valence electrons. The molecule has 2 N–H and O–H groups in total. The predicted octanol–water partition coefficient (Wildman–Crippen LogP) is 2.18. The van der Waals surface area contributed by atoms with Gasteiger partial charge in [-0.25, -0.2) is 5.43 Å². The Labute approximate surface area is 135 Å². The molecule has 0 saturated carbocycles. The normalized spacial score (nSPS) is 10.5. The van der Waals surface area contributed by atoms with Gasteiger partial charge >= 0.3 is 0 Å². The van der Waals surface area contributed by atoms with Crippen LogP contribution in [0.15, 0.2) is 53.6 Å². The molecule has 5 nitrogen and oxygen atoms in total. The third kappa shape index (κ3) is 5.39. The van der Waals surface area contributed by atoms with Gasteiger partial charge in [-0.3, -0.25) is 9.59 Å². The molecule has 0 bridgehead atoms. The number of carbonyl (C=O) groups excluding carboxylic acids is 2. The van der Waals surface area contributed by atoms with Gasteiger partial charge in [0, 0.05) is 5.56 Å². The van der Waals surface area contributed by atoms with Crippen molar-refractivity contribution in [3.8, 4) is 0 Å². The minimum Gasteiger partial charge on any atom is -0.343 e. The van der Waals surface area contributed by atoms with Gasteiger partial charge in [-0.05, 0) is 31.5 Å². The molecule has 0 aliphatic heterocycles. The molecule has 2 rings (SSSR count). The molecule has 0 aromatic heterocycles. The minimum absolute atomic E-state index is 0.127. The Kier molecular flexibility index (Phi) is 5.63. The third-order valence-corrected chi connectivity index (χ3v) is 3.17. The van der Waals surface area contributed by atoms with E-state index in [-0.39, 0.29) is 18.4 Å². The average molecular weight is 309 g/mol. The third-order valence-electron chi connectivity index (χ3n) is 3.17. The van der Waals surface area contributed by atoms with Crippen molar-refractivity contribution in [1.82, 2.24) is 10.7 Å². The van der Waals surface area contributed by atoms with Gasteiger partial charge in [0.2, 0.25) is 0 Å². The van der Waals surface area contributed by atoms with Crippen LogP contribution >= 0.6 is 0 Å². The Hall–Kier alpha value is -2.95. The SMILES string of the molecule is Cc1ccc(/C=N\NC(=O)CNC(=O)c2cccc(C)c2)cc1. The first-order chi connectivity index (χ1) is 11.0. The number of hydrogen-bond donors (Lipinski definition) is 2. The quantitative estimate of drug-likeness (QED) is 0.656. The zero-order valence-electron chi connectivity index (χ0n) is 13.2. The number of benzene rings is 2. The molecule has 0 radical (unpaired) electrons. The second kappa shape index (κ2) is 7.89. The van der Waals surface area contributed by atoms with Crippen LogP contribution in [-0.4, -0.2) is 24.6 Å². The van der Waals surface area contributed by atoms with Crippen molar-refractivity contribution in [1.29, 1.82) is 0 Å². The first-order valence-electron chi connectivity index (χ1n) is 7.28. The topological polar surface area (TPSA) is 70.6 Å². The van der Waals surface area contributed by atoms with Gasteiger partial charge in [0.1, 0.15) is 0 Å². The van der Waals surface area contributed by atoms with Crippen LogP contribution in [0.3, 0.4) is 0 Å². The maximum atomic E-state index is 11.9. The van der Waals surface area contributed by atoms with Gasteiger partial charge < -0.3 is 5.32 Å². The lowest BCUT2D eigenvalue weighted by Crippen LogP contribution is -2.34. The zero-order chi connectivity index (χ0) is 16.7. The largest absolute Gasteiger partial charge is 0.343 e. The van der Waals surface area contributed by atoms with Crippen LogP contribution < -0.4 is 10.7 Å². The fourth-order valence-electron chi connectivity index (χ4n) is 1.92. The fraction of sp³-hybridized carbons (Fsp3) is 0.167. The minimum atomic E-state index is -0.380. The first-order valence-corrected chi connectivity index (χ1v) is 7.28. The van der Waals surface area contributed by atoms with Crippen molar-refractivity contribution >= 4 is 18.0 Å². The van der Waals surface area contributed by atoms with Crippen LogP contribution in [-0.2, 0) is 4.79 Å². The van der Waals surface area contributed by atoms with Gasteiger partial charge in [0.05, 0.1) is 12.8 Å². The number of carbonyl (C=O) groups is 2. The summed E-state index contributed by atoms with van der Waals surface area (Å²) in [6.07, 6.45) is 1.56. The molecule has 0 spiro atoms. The summed E-state index contributed by atoms with van der Waals surface area (Å²) < 4.78 is 0. The van der Waals surface area contributed by atoms with Gasteiger partial charge in [-0.2, -0.15) is 5.10 Å². The lowest BCUT2D eigenvalue weighted by molar-refractivity contribution is -0.120.